The zero-order valence-corrected chi connectivity index (χ0v) is 8.64. The molecular formula is C10H12N4O. The quantitative estimate of drug-likeness (QED) is 0.797. The van der Waals surface area contributed by atoms with Gasteiger partial charge in [0.2, 0.25) is 0 Å². The van der Waals surface area contributed by atoms with Crippen molar-refractivity contribution in [1.29, 1.82) is 0 Å². The van der Waals surface area contributed by atoms with Gasteiger partial charge in [-0.1, -0.05) is 0 Å². The van der Waals surface area contributed by atoms with E-state index in [1.807, 2.05) is 13.1 Å². The number of nitrogens with zero attached hydrogens (tertiary/aromatic N) is 3. The van der Waals surface area contributed by atoms with Crippen molar-refractivity contribution >= 4 is 5.69 Å². The Morgan fingerprint density at radius 3 is 2.80 bits per heavy atom. The molecule has 78 valence electrons. The molecule has 0 aliphatic carbocycles. The lowest BCUT2D eigenvalue weighted by atomic mass is 10.4. The van der Waals surface area contributed by atoms with Crippen molar-refractivity contribution in [2.24, 2.45) is 0 Å². The van der Waals surface area contributed by atoms with E-state index in [9.17, 15) is 0 Å². The summed E-state index contributed by atoms with van der Waals surface area (Å²) in [6.07, 6.45) is 5.16. The van der Waals surface area contributed by atoms with Crippen molar-refractivity contribution in [2.75, 3.05) is 12.8 Å². The zero-order valence-electron chi connectivity index (χ0n) is 8.64. The smallest absolute Gasteiger partial charge is 0.180 e. The van der Waals surface area contributed by atoms with Gasteiger partial charge in [-0.25, -0.2) is 9.97 Å². The summed E-state index contributed by atoms with van der Waals surface area (Å²) < 4.78 is 7.00. The maximum absolute atomic E-state index is 5.62. The topological polar surface area (TPSA) is 66.0 Å². The first-order valence-corrected chi connectivity index (χ1v) is 4.51. The molecule has 0 bridgehead atoms. The van der Waals surface area contributed by atoms with Crippen LogP contribution in [-0.4, -0.2) is 21.6 Å². The number of pyridine rings is 1. The van der Waals surface area contributed by atoms with E-state index >= 15 is 0 Å². The Kier molecular flexibility index (Phi) is 2.29. The van der Waals surface area contributed by atoms with Gasteiger partial charge in [0.25, 0.3) is 0 Å². The molecule has 0 saturated heterocycles. The minimum absolute atomic E-state index is 0.576. The summed E-state index contributed by atoms with van der Waals surface area (Å²) in [6.45, 7) is 1.92. The van der Waals surface area contributed by atoms with Gasteiger partial charge in [0.1, 0.15) is 6.33 Å². The number of methoxy groups -OCH3 is 1. The van der Waals surface area contributed by atoms with E-state index < -0.39 is 0 Å². The zero-order chi connectivity index (χ0) is 10.8. The van der Waals surface area contributed by atoms with Crippen LogP contribution in [0.2, 0.25) is 0 Å². The van der Waals surface area contributed by atoms with E-state index in [1.54, 1.807) is 30.3 Å². The molecular weight excluding hydrogens is 192 g/mol. The highest BCUT2D eigenvalue weighted by molar-refractivity contribution is 5.50. The largest absolute Gasteiger partial charge is 0.493 e. The summed E-state index contributed by atoms with van der Waals surface area (Å²) >= 11 is 0. The molecule has 0 amide bonds. The van der Waals surface area contributed by atoms with Crippen molar-refractivity contribution in [3.05, 3.63) is 30.5 Å². The highest BCUT2D eigenvalue weighted by Gasteiger charge is 2.07. The van der Waals surface area contributed by atoms with Crippen LogP contribution in [0.4, 0.5) is 5.69 Å². The molecule has 0 unspecified atom stereocenters. The number of imidazole rings is 1. The first kappa shape index (κ1) is 9.51. The van der Waals surface area contributed by atoms with Crippen LogP contribution in [0, 0.1) is 6.92 Å². The highest BCUT2D eigenvalue weighted by Crippen LogP contribution is 2.22. The van der Waals surface area contributed by atoms with Crippen LogP contribution in [0.5, 0.6) is 5.75 Å². The lowest BCUT2D eigenvalue weighted by Crippen LogP contribution is -2.00. The van der Waals surface area contributed by atoms with Gasteiger partial charge < -0.3 is 10.5 Å². The lowest BCUT2D eigenvalue weighted by Gasteiger charge is -2.07. The van der Waals surface area contributed by atoms with Crippen molar-refractivity contribution in [2.45, 2.75) is 6.92 Å². The Balaban J connectivity index is 2.52. The number of nitrogens with two attached hydrogens (primary N) is 1. The van der Waals surface area contributed by atoms with Crippen LogP contribution in [0.15, 0.2) is 24.8 Å². The van der Waals surface area contributed by atoms with E-state index in [0.717, 1.165) is 5.69 Å². The van der Waals surface area contributed by atoms with Crippen molar-refractivity contribution in [1.82, 2.24) is 14.5 Å². The lowest BCUT2D eigenvalue weighted by molar-refractivity contribution is 0.411. The number of hydrogen-bond acceptors (Lipinski definition) is 4. The number of hydrogen-bond donors (Lipinski definition) is 1. The van der Waals surface area contributed by atoms with Crippen LogP contribution in [0.3, 0.4) is 0 Å². The van der Waals surface area contributed by atoms with Gasteiger partial charge in [0, 0.05) is 12.3 Å². The molecule has 0 spiro atoms. The Morgan fingerprint density at radius 2 is 2.20 bits per heavy atom. The van der Waals surface area contributed by atoms with Gasteiger partial charge in [-0.2, -0.15) is 0 Å². The van der Waals surface area contributed by atoms with Gasteiger partial charge >= 0.3 is 0 Å². The maximum atomic E-state index is 5.62. The summed E-state index contributed by atoms with van der Waals surface area (Å²) in [7, 11) is 1.59. The van der Waals surface area contributed by atoms with Crippen molar-refractivity contribution in [3.8, 4) is 11.6 Å². The summed E-state index contributed by atoms with van der Waals surface area (Å²) in [4.78, 5) is 8.33. The first-order chi connectivity index (χ1) is 7.20. The standard InChI is InChI=1S/C10H12N4O/c1-7-5-14(6-13-7)10-9(15-2)3-8(11)4-12-10/h3-6H,11H2,1-2H3. The molecule has 2 aromatic rings. The van der Waals surface area contributed by atoms with Crippen LogP contribution >= 0.6 is 0 Å². The second-order valence-corrected chi connectivity index (χ2v) is 3.22. The Hall–Kier alpha value is -2.04. The molecule has 15 heavy (non-hydrogen) atoms. The number of nitrogen functional groups attached to an aromatic ring is 1. The minimum Gasteiger partial charge on any atom is -0.493 e. The van der Waals surface area contributed by atoms with E-state index in [1.165, 1.54) is 0 Å². The highest BCUT2D eigenvalue weighted by atomic mass is 16.5. The fraction of sp³-hybridized carbons (Fsp3) is 0.200. The monoisotopic (exact) mass is 204 g/mol. The molecule has 2 heterocycles. The first-order valence-electron chi connectivity index (χ1n) is 4.51. The molecule has 0 aliphatic heterocycles. The average Bonchev–Trinajstić information content (AvgIpc) is 2.64. The van der Waals surface area contributed by atoms with E-state index in [2.05, 4.69) is 9.97 Å². The van der Waals surface area contributed by atoms with E-state index in [-0.39, 0.29) is 0 Å². The number of aryl methyl sites for hydroxylation is 1. The van der Waals surface area contributed by atoms with Gasteiger partial charge in [0.15, 0.2) is 11.6 Å². The summed E-state index contributed by atoms with van der Waals surface area (Å²) in [6, 6.07) is 1.73. The summed E-state index contributed by atoms with van der Waals surface area (Å²) in [5.41, 5.74) is 7.12. The van der Waals surface area contributed by atoms with Crippen LogP contribution < -0.4 is 10.5 Å². The molecule has 0 fully saturated rings. The maximum Gasteiger partial charge on any atom is 0.180 e. The molecule has 2 rings (SSSR count). The SMILES string of the molecule is COc1cc(N)cnc1-n1cnc(C)c1. The van der Waals surface area contributed by atoms with E-state index in [4.69, 9.17) is 10.5 Å². The molecule has 0 aromatic carbocycles. The third kappa shape index (κ3) is 1.76. The second kappa shape index (κ2) is 3.61. The van der Waals surface area contributed by atoms with Crippen LogP contribution in [0.1, 0.15) is 5.69 Å². The fourth-order valence-electron chi connectivity index (χ4n) is 1.33. The molecule has 0 atom stereocenters. The van der Waals surface area contributed by atoms with Crippen molar-refractivity contribution in [3.63, 3.8) is 0 Å². The number of rotatable bonds is 2. The van der Waals surface area contributed by atoms with Gasteiger partial charge in [-0.15, -0.1) is 0 Å². The number of aromatic nitrogens is 3. The predicted molar refractivity (Wildman–Crippen MR) is 57.1 cm³/mol. The minimum atomic E-state index is 0.576. The summed E-state index contributed by atoms with van der Waals surface area (Å²) in [5, 5.41) is 0. The predicted octanol–water partition coefficient (Wildman–Crippen LogP) is 1.17. The molecule has 2 aromatic heterocycles. The van der Waals surface area contributed by atoms with Gasteiger partial charge in [-0.3, -0.25) is 4.57 Å². The van der Waals surface area contributed by atoms with Gasteiger partial charge in [-0.05, 0) is 6.92 Å². The Labute approximate surface area is 87.5 Å². The van der Waals surface area contributed by atoms with Crippen LogP contribution in [-0.2, 0) is 0 Å². The summed E-state index contributed by atoms with van der Waals surface area (Å²) in [5.74, 6) is 1.32. The average molecular weight is 204 g/mol. The molecule has 2 N–H and O–H groups in total. The third-order valence-corrected chi connectivity index (χ3v) is 2.03. The molecule has 0 aliphatic rings. The van der Waals surface area contributed by atoms with Crippen LogP contribution in [0.25, 0.3) is 5.82 Å². The Morgan fingerprint density at radius 1 is 1.40 bits per heavy atom. The van der Waals surface area contributed by atoms with E-state index in [0.29, 0.717) is 17.3 Å². The molecule has 5 heteroatoms. The Bertz CT molecular complexity index is 478. The molecule has 5 nitrogen and oxygen atoms in total. The second-order valence-electron chi connectivity index (χ2n) is 3.22. The third-order valence-electron chi connectivity index (χ3n) is 2.03. The fourth-order valence-corrected chi connectivity index (χ4v) is 1.33. The van der Waals surface area contributed by atoms with Gasteiger partial charge in [0.05, 0.1) is 24.7 Å². The number of anilines is 1. The normalized spacial score (nSPS) is 10.3. The number of ether oxygens (including phenoxy) is 1. The van der Waals surface area contributed by atoms with Crippen molar-refractivity contribution < 1.29 is 4.74 Å². The molecule has 0 saturated carbocycles. The molecule has 0 radical (unpaired) electrons.